The van der Waals surface area contributed by atoms with Crippen molar-refractivity contribution in [3.8, 4) is 11.8 Å². The van der Waals surface area contributed by atoms with Crippen LogP contribution in [0, 0.1) is 11.8 Å². The summed E-state index contributed by atoms with van der Waals surface area (Å²) in [4.78, 5) is 11.5. The molecule has 0 spiro atoms. The summed E-state index contributed by atoms with van der Waals surface area (Å²) in [6.07, 6.45) is 1.55. The zero-order valence-corrected chi connectivity index (χ0v) is 9.94. The second-order valence-corrected chi connectivity index (χ2v) is 3.71. The zero-order chi connectivity index (χ0) is 13.1. The fraction of sp³-hybridized carbons (Fsp3) is 0. The summed E-state index contributed by atoms with van der Waals surface area (Å²) in [5.41, 5.74) is 17.5. The largest absolute Gasteiger partial charge is 0.384 e. The van der Waals surface area contributed by atoms with Crippen LogP contribution in [-0.4, -0.2) is 15.0 Å². The summed E-state index contributed by atoms with van der Waals surface area (Å²) in [5.74, 6) is 6.19. The van der Waals surface area contributed by atoms with Gasteiger partial charge in [0.15, 0.2) is 5.15 Å². The molecule has 0 amide bonds. The molecule has 6 nitrogen and oxygen atoms in total. The highest BCUT2D eigenvalue weighted by Gasteiger charge is 2.06. The van der Waals surface area contributed by atoms with Gasteiger partial charge in [-0.25, -0.2) is 4.98 Å². The minimum Gasteiger partial charge on any atom is -0.384 e. The van der Waals surface area contributed by atoms with E-state index in [4.69, 9.17) is 28.8 Å². The minimum absolute atomic E-state index is 0.0113. The maximum Gasteiger partial charge on any atom is 0.223 e. The van der Waals surface area contributed by atoms with Crippen molar-refractivity contribution in [2.75, 3.05) is 17.2 Å². The van der Waals surface area contributed by atoms with Crippen LogP contribution >= 0.6 is 11.6 Å². The quantitative estimate of drug-likeness (QED) is 0.473. The molecule has 0 aliphatic heterocycles. The van der Waals surface area contributed by atoms with Crippen LogP contribution in [0.3, 0.4) is 0 Å². The van der Waals surface area contributed by atoms with Gasteiger partial charge in [-0.3, -0.25) is 0 Å². The Bertz CT molecular complexity index is 618. The third kappa shape index (κ3) is 2.59. The van der Waals surface area contributed by atoms with Crippen molar-refractivity contribution in [3.63, 3.8) is 0 Å². The molecule has 0 unspecified atom stereocenters. The molecule has 2 aromatic rings. The zero-order valence-electron chi connectivity index (χ0n) is 9.18. The van der Waals surface area contributed by atoms with Crippen LogP contribution in [0.5, 0.6) is 0 Å². The Morgan fingerprint density at radius 2 is 1.83 bits per heavy atom. The minimum atomic E-state index is 0.0113. The van der Waals surface area contributed by atoms with Crippen molar-refractivity contribution >= 4 is 29.2 Å². The maximum absolute atomic E-state index is 5.88. The Morgan fingerprint density at radius 3 is 2.44 bits per heavy atom. The average molecular weight is 261 g/mol. The first-order valence-electron chi connectivity index (χ1n) is 4.88. The highest BCUT2D eigenvalue weighted by atomic mass is 35.5. The number of pyridine rings is 1. The number of anilines is 3. The summed E-state index contributed by atoms with van der Waals surface area (Å²) in [6.45, 7) is 0. The molecule has 0 atom stereocenters. The van der Waals surface area contributed by atoms with Crippen molar-refractivity contribution in [1.29, 1.82) is 0 Å². The molecule has 0 radical (unpaired) electrons. The molecule has 0 aromatic carbocycles. The van der Waals surface area contributed by atoms with Crippen LogP contribution in [0.1, 0.15) is 11.1 Å². The van der Waals surface area contributed by atoms with Gasteiger partial charge in [-0.05, 0) is 12.1 Å². The van der Waals surface area contributed by atoms with Gasteiger partial charge in [-0.1, -0.05) is 23.4 Å². The molecular formula is C11H9ClN6. The summed E-state index contributed by atoms with van der Waals surface area (Å²) in [5, 5.41) is 0.121. The Balaban J connectivity index is 2.38. The lowest BCUT2D eigenvalue weighted by Gasteiger charge is -2.00. The molecule has 0 bridgehead atoms. The van der Waals surface area contributed by atoms with E-state index in [2.05, 4.69) is 26.8 Å². The van der Waals surface area contributed by atoms with Crippen molar-refractivity contribution in [3.05, 3.63) is 34.6 Å². The van der Waals surface area contributed by atoms with Gasteiger partial charge in [0, 0.05) is 11.8 Å². The van der Waals surface area contributed by atoms with Crippen LogP contribution in [-0.2, 0) is 0 Å². The number of halogens is 1. The molecule has 0 saturated carbocycles. The SMILES string of the molecule is Nc1ccc(C#Cc2c(N)nc(N)nc2Cl)cn1. The van der Waals surface area contributed by atoms with E-state index in [1.165, 1.54) is 0 Å². The standard InChI is InChI=1S/C11H9ClN6/c12-9-7(10(14)18-11(15)17-9)3-1-6-2-4-8(13)16-5-6/h2,4-5H,(H2,13,16)(H4,14,15,17,18). The van der Waals surface area contributed by atoms with Crippen molar-refractivity contribution in [2.24, 2.45) is 0 Å². The van der Waals surface area contributed by atoms with Gasteiger partial charge in [0.05, 0.1) is 0 Å². The van der Waals surface area contributed by atoms with E-state index in [-0.39, 0.29) is 16.9 Å². The molecule has 6 N–H and O–H groups in total. The molecule has 2 aromatic heterocycles. The number of aromatic nitrogens is 3. The summed E-state index contributed by atoms with van der Waals surface area (Å²) in [7, 11) is 0. The van der Waals surface area contributed by atoms with Gasteiger partial charge in [0.25, 0.3) is 0 Å². The van der Waals surface area contributed by atoms with Gasteiger partial charge < -0.3 is 17.2 Å². The Morgan fingerprint density at radius 1 is 1.06 bits per heavy atom. The lowest BCUT2D eigenvalue weighted by atomic mass is 10.2. The number of hydrogen-bond acceptors (Lipinski definition) is 6. The van der Waals surface area contributed by atoms with Crippen LogP contribution in [0.15, 0.2) is 18.3 Å². The highest BCUT2D eigenvalue weighted by Crippen LogP contribution is 2.18. The van der Waals surface area contributed by atoms with E-state index < -0.39 is 0 Å². The van der Waals surface area contributed by atoms with Crippen LogP contribution in [0.25, 0.3) is 0 Å². The maximum atomic E-state index is 5.88. The lowest BCUT2D eigenvalue weighted by molar-refractivity contribution is 1.18. The molecule has 2 heterocycles. The van der Waals surface area contributed by atoms with E-state index in [1.807, 2.05) is 0 Å². The average Bonchev–Trinajstić information content (AvgIpc) is 2.30. The monoisotopic (exact) mass is 260 g/mol. The van der Waals surface area contributed by atoms with Crippen molar-refractivity contribution < 1.29 is 0 Å². The number of nitrogens with two attached hydrogens (primary N) is 3. The fourth-order valence-corrected chi connectivity index (χ4v) is 1.43. The van der Waals surface area contributed by atoms with Gasteiger partial charge in [-0.15, -0.1) is 0 Å². The van der Waals surface area contributed by atoms with Crippen LogP contribution in [0.4, 0.5) is 17.6 Å². The van der Waals surface area contributed by atoms with E-state index in [9.17, 15) is 0 Å². The normalized spacial score (nSPS) is 9.61. The smallest absolute Gasteiger partial charge is 0.223 e. The number of nitrogens with zero attached hydrogens (tertiary/aromatic N) is 3. The van der Waals surface area contributed by atoms with E-state index >= 15 is 0 Å². The fourth-order valence-electron chi connectivity index (χ4n) is 1.20. The molecule has 7 heteroatoms. The van der Waals surface area contributed by atoms with Crippen molar-refractivity contribution in [1.82, 2.24) is 15.0 Å². The lowest BCUT2D eigenvalue weighted by Crippen LogP contribution is -2.02. The van der Waals surface area contributed by atoms with Gasteiger partial charge in [-0.2, -0.15) is 9.97 Å². The molecule has 0 aliphatic carbocycles. The molecule has 0 aliphatic rings. The van der Waals surface area contributed by atoms with E-state index in [0.29, 0.717) is 16.9 Å². The van der Waals surface area contributed by atoms with Crippen LogP contribution < -0.4 is 17.2 Å². The molecule has 90 valence electrons. The van der Waals surface area contributed by atoms with Gasteiger partial charge in [0.2, 0.25) is 5.95 Å². The molecule has 18 heavy (non-hydrogen) atoms. The summed E-state index contributed by atoms with van der Waals surface area (Å²) in [6, 6.07) is 3.38. The van der Waals surface area contributed by atoms with Gasteiger partial charge >= 0.3 is 0 Å². The summed E-state index contributed by atoms with van der Waals surface area (Å²) < 4.78 is 0. The number of hydrogen-bond donors (Lipinski definition) is 3. The Kier molecular flexibility index (Phi) is 3.17. The summed E-state index contributed by atoms with van der Waals surface area (Å²) >= 11 is 5.88. The second kappa shape index (κ2) is 4.77. The Hall–Kier alpha value is -2.52. The molecule has 2 rings (SSSR count). The first-order chi connectivity index (χ1) is 8.56. The van der Waals surface area contributed by atoms with Crippen molar-refractivity contribution in [2.45, 2.75) is 0 Å². The molecular weight excluding hydrogens is 252 g/mol. The Labute approximate surface area is 108 Å². The predicted octanol–water partition coefficient (Wildman–Crippen LogP) is 0.671. The number of nitrogen functional groups attached to an aromatic ring is 3. The van der Waals surface area contributed by atoms with E-state index in [0.717, 1.165) is 0 Å². The van der Waals surface area contributed by atoms with Crippen LogP contribution in [0.2, 0.25) is 5.15 Å². The molecule has 0 saturated heterocycles. The topological polar surface area (TPSA) is 117 Å². The third-order valence-corrected chi connectivity index (χ3v) is 2.30. The number of rotatable bonds is 0. The first-order valence-corrected chi connectivity index (χ1v) is 5.26. The highest BCUT2D eigenvalue weighted by molar-refractivity contribution is 6.31. The van der Waals surface area contributed by atoms with E-state index in [1.54, 1.807) is 18.3 Å². The first kappa shape index (κ1) is 12.0. The molecule has 0 fully saturated rings. The predicted molar refractivity (Wildman–Crippen MR) is 70.5 cm³/mol. The van der Waals surface area contributed by atoms with Gasteiger partial charge in [0.1, 0.15) is 17.2 Å². The second-order valence-electron chi connectivity index (χ2n) is 3.35. The third-order valence-electron chi connectivity index (χ3n) is 2.03.